The van der Waals surface area contributed by atoms with Gasteiger partial charge in [0.05, 0.1) is 25.2 Å². The molecule has 1 saturated heterocycles. The number of hydrogen-bond donors (Lipinski definition) is 2. The number of nitrogens with zero attached hydrogens (tertiary/aromatic N) is 1. The second kappa shape index (κ2) is 6.50. The van der Waals surface area contributed by atoms with Gasteiger partial charge < -0.3 is 15.2 Å². The van der Waals surface area contributed by atoms with Crippen LogP contribution in [0.1, 0.15) is 25.7 Å². The van der Waals surface area contributed by atoms with E-state index in [0.717, 1.165) is 32.5 Å². The third-order valence-corrected chi connectivity index (χ3v) is 3.81. The van der Waals surface area contributed by atoms with Crippen molar-refractivity contribution in [3.63, 3.8) is 0 Å². The Kier molecular flexibility index (Phi) is 4.96. The van der Waals surface area contributed by atoms with Crippen LogP contribution in [0.15, 0.2) is 11.6 Å². The summed E-state index contributed by atoms with van der Waals surface area (Å²) in [6.45, 7) is 3.90. The van der Waals surface area contributed by atoms with E-state index < -0.39 is 5.60 Å². The Bertz CT molecular complexity index is 357. The maximum absolute atomic E-state index is 11.5. The number of β-amino-alcohol motifs (C(OH)–C–C–N with tert-alkyl or cyclic N) is 1. The Labute approximate surface area is 114 Å². The van der Waals surface area contributed by atoms with Gasteiger partial charge in [-0.15, -0.1) is 0 Å². The summed E-state index contributed by atoms with van der Waals surface area (Å²) in [6, 6.07) is 0. The molecule has 0 spiro atoms. The fourth-order valence-electron chi connectivity index (χ4n) is 2.88. The second-order valence-electron chi connectivity index (χ2n) is 5.59. The topological polar surface area (TPSA) is 61.8 Å². The maximum Gasteiger partial charge on any atom is 0.222 e. The first-order valence-electron chi connectivity index (χ1n) is 7.02. The highest BCUT2D eigenvalue weighted by Gasteiger charge is 2.35. The van der Waals surface area contributed by atoms with Gasteiger partial charge >= 0.3 is 0 Å². The van der Waals surface area contributed by atoms with Crippen molar-refractivity contribution < 1.29 is 14.6 Å². The molecule has 0 saturated carbocycles. The van der Waals surface area contributed by atoms with E-state index in [0.29, 0.717) is 19.6 Å². The minimum Gasteiger partial charge on any atom is -0.388 e. The molecule has 2 heterocycles. The van der Waals surface area contributed by atoms with Gasteiger partial charge in [-0.2, -0.15) is 0 Å². The zero-order chi connectivity index (χ0) is 13.7. The van der Waals surface area contributed by atoms with E-state index in [1.54, 1.807) is 7.05 Å². The Balaban J connectivity index is 1.89. The van der Waals surface area contributed by atoms with Gasteiger partial charge in [0, 0.05) is 20.1 Å². The smallest absolute Gasteiger partial charge is 0.222 e. The molecule has 2 rings (SSSR count). The molecule has 0 bridgehead atoms. The van der Waals surface area contributed by atoms with Gasteiger partial charge in [0.2, 0.25) is 5.91 Å². The fourth-order valence-corrected chi connectivity index (χ4v) is 2.88. The summed E-state index contributed by atoms with van der Waals surface area (Å²) in [5.41, 5.74) is 0.407. The first kappa shape index (κ1) is 14.5. The van der Waals surface area contributed by atoms with E-state index in [1.807, 2.05) is 0 Å². The van der Waals surface area contributed by atoms with E-state index in [1.165, 1.54) is 5.57 Å². The van der Waals surface area contributed by atoms with Gasteiger partial charge in [-0.25, -0.2) is 0 Å². The minimum absolute atomic E-state index is 0.0930. The molecule has 0 aliphatic carbocycles. The minimum atomic E-state index is -0.881. The largest absolute Gasteiger partial charge is 0.388 e. The van der Waals surface area contributed by atoms with Crippen LogP contribution >= 0.6 is 0 Å². The molecule has 0 radical (unpaired) electrons. The van der Waals surface area contributed by atoms with E-state index in [9.17, 15) is 9.90 Å². The SMILES string of the molecule is CNC(=O)CC1(O)CCCN(CC2=CCCOC2)C1. The Hall–Kier alpha value is -0.910. The third-order valence-electron chi connectivity index (χ3n) is 3.81. The summed E-state index contributed by atoms with van der Waals surface area (Å²) < 4.78 is 5.44. The van der Waals surface area contributed by atoms with Gasteiger partial charge in [-0.05, 0) is 31.4 Å². The molecule has 1 amide bonds. The lowest BCUT2D eigenvalue weighted by Gasteiger charge is -2.39. The highest BCUT2D eigenvalue weighted by Crippen LogP contribution is 2.25. The number of carbonyl (C=O) groups excluding carboxylic acids is 1. The summed E-state index contributed by atoms with van der Waals surface area (Å²) in [4.78, 5) is 13.7. The number of likely N-dealkylation sites (tertiary alicyclic amines) is 1. The molecule has 0 aromatic rings. The number of carbonyl (C=O) groups is 1. The number of aliphatic hydroxyl groups is 1. The normalized spacial score (nSPS) is 28.8. The molecule has 5 nitrogen and oxygen atoms in total. The average Bonchev–Trinajstić information content (AvgIpc) is 2.39. The molecule has 0 aromatic carbocycles. The van der Waals surface area contributed by atoms with Crippen molar-refractivity contribution in [1.82, 2.24) is 10.2 Å². The van der Waals surface area contributed by atoms with Crippen LogP contribution in [0.4, 0.5) is 0 Å². The molecule has 2 aliphatic rings. The quantitative estimate of drug-likeness (QED) is 0.720. The van der Waals surface area contributed by atoms with Crippen molar-refractivity contribution in [2.75, 3.05) is 39.9 Å². The summed E-state index contributed by atoms with van der Waals surface area (Å²) >= 11 is 0. The lowest BCUT2D eigenvalue weighted by molar-refractivity contribution is -0.128. The molecule has 19 heavy (non-hydrogen) atoms. The third kappa shape index (κ3) is 4.30. The molecule has 1 unspecified atom stereocenters. The van der Waals surface area contributed by atoms with Crippen molar-refractivity contribution in [1.29, 1.82) is 0 Å². The monoisotopic (exact) mass is 268 g/mol. The average molecular weight is 268 g/mol. The summed E-state index contributed by atoms with van der Waals surface area (Å²) in [5.74, 6) is -0.0930. The Morgan fingerprint density at radius 2 is 2.47 bits per heavy atom. The van der Waals surface area contributed by atoms with Crippen molar-refractivity contribution in [2.45, 2.75) is 31.3 Å². The molecule has 108 valence electrons. The van der Waals surface area contributed by atoms with Gasteiger partial charge in [0.25, 0.3) is 0 Å². The second-order valence-corrected chi connectivity index (χ2v) is 5.59. The van der Waals surface area contributed by atoms with Gasteiger partial charge in [-0.3, -0.25) is 9.69 Å². The first-order chi connectivity index (χ1) is 9.11. The lowest BCUT2D eigenvalue weighted by atomic mass is 9.89. The van der Waals surface area contributed by atoms with Crippen molar-refractivity contribution in [3.05, 3.63) is 11.6 Å². The molecular weight excluding hydrogens is 244 g/mol. The van der Waals surface area contributed by atoms with Crippen LogP contribution in [-0.4, -0.2) is 61.4 Å². The number of hydrogen-bond acceptors (Lipinski definition) is 4. The van der Waals surface area contributed by atoms with Crippen LogP contribution in [0.5, 0.6) is 0 Å². The molecule has 0 aromatic heterocycles. The van der Waals surface area contributed by atoms with Crippen molar-refractivity contribution in [2.24, 2.45) is 0 Å². The van der Waals surface area contributed by atoms with Gasteiger partial charge in [-0.1, -0.05) is 6.08 Å². The summed E-state index contributed by atoms with van der Waals surface area (Å²) in [6.07, 6.45) is 5.03. The zero-order valence-electron chi connectivity index (χ0n) is 11.7. The maximum atomic E-state index is 11.5. The number of ether oxygens (including phenoxy) is 1. The number of rotatable bonds is 4. The summed E-state index contributed by atoms with van der Waals surface area (Å²) in [7, 11) is 1.61. The molecule has 2 aliphatic heterocycles. The number of nitrogens with one attached hydrogen (secondary N) is 1. The van der Waals surface area contributed by atoms with E-state index in [2.05, 4.69) is 16.3 Å². The van der Waals surface area contributed by atoms with Crippen molar-refractivity contribution in [3.8, 4) is 0 Å². The van der Waals surface area contributed by atoms with Crippen LogP contribution < -0.4 is 5.32 Å². The van der Waals surface area contributed by atoms with Crippen LogP contribution in [0, 0.1) is 0 Å². The van der Waals surface area contributed by atoms with Crippen LogP contribution in [-0.2, 0) is 9.53 Å². The van der Waals surface area contributed by atoms with Crippen LogP contribution in [0.2, 0.25) is 0 Å². The predicted octanol–water partition coefficient (Wildman–Crippen LogP) is 0.296. The summed E-state index contributed by atoms with van der Waals surface area (Å²) in [5, 5.41) is 13.1. The number of piperidine rings is 1. The highest BCUT2D eigenvalue weighted by molar-refractivity contribution is 5.76. The Morgan fingerprint density at radius 1 is 1.63 bits per heavy atom. The van der Waals surface area contributed by atoms with E-state index >= 15 is 0 Å². The molecule has 2 N–H and O–H groups in total. The van der Waals surface area contributed by atoms with E-state index in [4.69, 9.17) is 4.74 Å². The molecular formula is C14H24N2O3. The molecule has 1 fully saturated rings. The van der Waals surface area contributed by atoms with Crippen LogP contribution in [0.25, 0.3) is 0 Å². The van der Waals surface area contributed by atoms with Gasteiger partial charge in [0.15, 0.2) is 0 Å². The van der Waals surface area contributed by atoms with Gasteiger partial charge in [0.1, 0.15) is 0 Å². The van der Waals surface area contributed by atoms with Crippen molar-refractivity contribution >= 4 is 5.91 Å². The van der Waals surface area contributed by atoms with E-state index in [-0.39, 0.29) is 12.3 Å². The lowest BCUT2D eigenvalue weighted by Crippen LogP contribution is -2.50. The number of amides is 1. The van der Waals surface area contributed by atoms with Crippen LogP contribution in [0.3, 0.4) is 0 Å². The fraction of sp³-hybridized carbons (Fsp3) is 0.786. The predicted molar refractivity (Wildman–Crippen MR) is 72.8 cm³/mol. The first-order valence-corrected chi connectivity index (χ1v) is 7.02. The molecule has 5 heteroatoms. The standard InChI is InChI=1S/C14H24N2O3/c1-15-13(17)8-14(18)5-3-6-16(11-14)9-12-4-2-7-19-10-12/h4,18H,2-3,5-11H2,1H3,(H,15,17). The Morgan fingerprint density at radius 3 is 3.16 bits per heavy atom. The molecule has 1 atom stereocenters. The highest BCUT2D eigenvalue weighted by atomic mass is 16.5. The zero-order valence-corrected chi connectivity index (χ0v) is 11.7.